The molecule has 6 nitrogen and oxygen atoms in total. The van der Waals surface area contributed by atoms with Gasteiger partial charge >= 0.3 is 0 Å². The predicted octanol–water partition coefficient (Wildman–Crippen LogP) is 6.07. The van der Waals surface area contributed by atoms with Gasteiger partial charge in [0.2, 0.25) is 5.91 Å². The highest BCUT2D eigenvalue weighted by molar-refractivity contribution is 6.32. The first-order chi connectivity index (χ1) is 18.4. The third-order valence-corrected chi connectivity index (χ3v) is 8.68. The van der Waals surface area contributed by atoms with Crippen molar-refractivity contribution in [2.24, 2.45) is 17.6 Å². The summed E-state index contributed by atoms with van der Waals surface area (Å²) in [6.07, 6.45) is 7.16. The number of nitrogens with zero attached hydrogens (tertiary/aromatic N) is 1. The van der Waals surface area contributed by atoms with Crippen molar-refractivity contribution in [1.82, 2.24) is 4.90 Å². The molecule has 1 amide bonds. The summed E-state index contributed by atoms with van der Waals surface area (Å²) < 4.78 is 11.8. The lowest BCUT2D eigenvalue weighted by atomic mass is 9.73. The molecule has 208 valence electrons. The number of para-hydroxylation sites is 2. The molecule has 3 N–H and O–H groups in total. The van der Waals surface area contributed by atoms with Crippen molar-refractivity contribution >= 4 is 17.5 Å². The molecule has 4 atom stereocenters. The Hall–Kier alpha value is -2.12. The average molecular weight is 543 g/mol. The van der Waals surface area contributed by atoms with E-state index in [4.69, 9.17) is 26.8 Å². The Labute approximate surface area is 232 Å². The van der Waals surface area contributed by atoms with Gasteiger partial charge in [0.05, 0.1) is 10.6 Å². The van der Waals surface area contributed by atoms with Gasteiger partial charge in [-0.25, -0.2) is 0 Å². The standard InChI is InChI=1S/C31H43ClN2O4/c1-3-22-10-4-5-14-28(22)38-29-26(12-8-13-27(29)32)31(36,17-6-7-19-37-2)24-11-9-18-34(21-24)30(35)23-15-16-25(33)20-23/h4-5,8,10,12-14,23-25,36H,3,6-7,9,11,15-21,33H2,1-2H3. The number of nitrogens with two attached hydrogens (primary N) is 1. The smallest absolute Gasteiger partial charge is 0.225 e. The lowest BCUT2D eigenvalue weighted by molar-refractivity contribution is -0.141. The van der Waals surface area contributed by atoms with Crippen LogP contribution in [-0.2, 0) is 21.6 Å². The van der Waals surface area contributed by atoms with Gasteiger partial charge in [-0.3, -0.25) is 4.79 Å². The van der Waals surface area contributed by atoms with Crippen LogP contribution in [-0.4, -0.2) is 48.8 Å². The van der Waals surface area contributed by atoms with E-state index in [0.29, 0.717) is 35.9 Å². The van der Waals surface area contributed by atoms with Crippen molar-refractivity contribution in [3.05, 3.63) is 58.6 Å². The third-order valence-electron chi connectivity index (χ3n) is 8.39. The van der Waals surface area contributed by atoms with E-state index in [1.807, 2.05) is 41.3 Å². The number of halogens is 1. The molecule has 2 aliphatic rings. The number of aryl methyl sites for hydroxylation is 1. The van der Waals surface area contributed by atoms with Crippen molar-refractivity contribution in [3.8, 4) is 11.5 Å². The molecule has 0 spiro atoms. The molecule has 2 fully saturated rings. The lowest BCUT2D eigenvalue weighted by Gasteiger charge is -2.44. The zero-order valence-corrected chi connectivity index (χ0v) is 23.6. The number of aliphatic hydroxyl groups is 1. The second-order valence-corrected chi connectivity index (χ2v) is 11.4. The van der Waals surface area contributed by atoms with E-state index in [1.54, 1.807) is 13.2 Å². The number of ether oxygens (including phenoxy) is 2. The SMILES string of the molecule is CCc1ccccc1Oc1c(Cl)cccc1C(O)(CCCCOC)C1CCCN(C(=O)C2CCC(N)C2)C1. The van der Waals surface area contributed by atoms with Gasteiger partial charge in [0.1, 0.15) is 5.75 Å². The third kappa shape index (κ3) is 6.53. The largest absolute Gasteiger partial charge is 0.455 e. The summed E-state index contributed by atoms with van der Waals surface area (Å²) in [7, 11) is 1.69. The monoisotopic (exact) mass is 542 g/mol. The van der Waals surface area contributed by atoms with Crippen molar-refractivity contribution in [2.45, 2.75) is 76.4 Å². The normalized spacial score (nSPS) is 23.3. The van der Waals surface area contributed by atoms with Crippen molar-refractivity contribution < 1.29 is 19.4 Å². The lowest BCUT2D eigenvalue weighted by Crippen LogP contribution is -2.49. The molecule has 2 aromatic carbocycles. The van der Waals surface area contributed by atoms with Gasteiger partial charge in [-0.1, -0.05) is 48.9 Å². The van der Waals surface area contributed by atoms with Crippen LogP contribution in [0.2, 0.25) is 5.02 Å². The number of hydrogen-bond acceptors (Lipinski definition) is 5. The fourth-order valence-electron chi connectivity index (χ4n) is 6.22. The first-order valence-electron chi connectivity index (χ1n) is 14.2. The van der Waals surface area contributed by atoms with E-state index in [2.05, 4.69) is 6.92 Å². The van der Waals surface area contributed by atoms with E-state index in [0.717, 1.165) is 69.2 Å². The number of benzene rings is 2. The summed E-state index contributed by atoms with van der Waals surface area (Å²) in [5.41, 5.74) is 6.67. The molecule has 4 unspecified atom stereocenters. The van der Waals surface area contributed by atoms with Gasteiger partial charge < -0.3 is 25.2 Å². The predicted molar refractivity (Wildman–Crippen MR) is 152 cm³/mol. The van der Waals surface area contributed by atoms with Crippen LogP contribution in [0, 0.1) is 11.8 Å². The molecule has 4 rings (SSSR count). The number of carbonyl (C=O) groups is 1. The summed E-state index contributed by atoms with van der Waals surface area (Å²) >= 11 is 6.75. The second-order valence-electron chi connectivity index (χ2n) is 10.9. The number of amides is 1. The summed E-state index contributed by atoms with van der Waals surface area (Å²) in [5, 5.41) is 13.1. The molecule has 1 saturated heterocycles. The fraction of sp³-hybridized carbons (Fsp3) is 0.581. The number of carbonyl (C=O) groups excluding carboxylic acids is 1. The summed E-state index contributed by atoms with van der Waals surface area (Å²) in [5.74, 6) is 1.27. The number of rotatable bonds is 11. The highest BCUT2D eigenvalue weighted by Crippen LogP contribution is 2.47. The molecule has 1 saturated carbocycles. The van der Waals surface area contributed by atoms with Gasteiger partial charge in [-0.15, -0.1) is 0 Å². The minimum Gasteiger partial charge on any atom is -0.455 e. The maximum Gasteiger partial charge on any atom is 0.225 e. The van der Waals surface area contributed by atoms with Crippen molar-refractivity contribution in [3.63, 3.8) is 0 Å². The molecule has 0 bridgehead atoms. The Balaban J connectivity index is 1.66. The minimum atomic E-state index is -1.21. The summed E-state index contributed by atoms with van der Waals surface area (Å²) in [6.45, 7) is 3.97. The second kappa shape index (κ2) is 13.3. The summed E-state index contributed by atoms with van der Waals surface area (Å²) in [6, 6.07) is 13.7. The van der Waals surface area contributed by atoms with E-state index < -0.39 is 5.60 Å². The quantitative estimate of drug-likeness (QED) is 0.337. The maximum absolute atomic E-state index is 13.4. The molecular weight excluding hydrogens is 500 g/mol. The number of methoxy groups -OCH3 is 1. The van der Waals surface area contributed by atoms with Crippen LogP contribution < -0.4 is 10.5 Å². The zero-order valence-electron chi connectivity index (χ0n) is 22.8. The van der Waals surface area contributed by atoms with Crippen LogP contribution in [0.4, 0.5) is 0 Å². The topological polar surface area (TPSA) is 85.0 Å². The van der Waals surface area contributed by atoms with Crippen LogP contribution in [0.1, 0.15) is 69.4 Å². The number of piperidine rings is 1. The van der Waals surface area contributed by atoms with Crippen LogP contribution in [0.5, 0.6) is 11.5 Å². The Morgan fingerprint density at radius 1 is 1.16 bits per heavy atom. The van der Waals surface area contributed by atoms with Crippen LogP contribution in [0.3, 0.4) is 0 Å². The highest BCUT2D eigenvalue weighted by atomic mass is 35.5. The zero-order chi connectivity index (χ0) is 27.1. The number of likely N-dealkylation sites (tertiary alicyclic amines) is 1. The maximum atomic E-state index is 13.4. The average Bonchev–Trinajstić information content (AvgIpc) is 3.38. The Bertz CT molecular complexity index is 1080. The molecule has 0 radical (unpaired) electrons. The minimum absolute atomic E-state index is 0.00541. The van der Waals surface area contributed by atoms with Gasteiger partial charge in [0, 0.05) is 50.2 Å². The molecule has 7 heteroatoms. The highest BCUT2D eigenvalue weighted by Gasteiger charge is 2.44. The van der Waals surface area contributed by atoms with Crippen molar-refractivity contribution in [1.29, 1.82) is 0 Å². The van der Waals surface area contributed by atoms with Gasteiger partial charge in [0.15, 0.2) is 5.75 Å². The van der Waals surface area contributed by atoms with Crippen LogP contribution in [0.25, 0.3) is 0 Å². The number of unbranched alkanes of at least 4 members (excludes halogenated alkanes) is 1. The summed E-state index contributed by atoms with van der Waals surface area (Å²) in [4.78, 5) is 15.4. The van der Waals surface area contributed by atoms with Crippen LogP contribution >= 0.6 is 11.6 Å². The molecule has 1 heterocycles. The molecule has 0 aromatic heterocycles. The van der Waals surface area contributed by atoms with E-state index >= 15 is 0 Å². The van der Waals surface area contributed by atoms with Gasteiger partial charge in [-0.2, -0.15) is 0 Å². The fourth-order valence-corrected chi connectivity index (χ4v) is 6.44. The van der Waals surface area contributed by atoms with Crippen molar-refractivity contribution in [2.75, 3.05) is 26.8 Å². The Morgan fingerprint density at radius 2 is 1.97 bits per heavy atom. The first-order valence-corrected chi connectivity index (χ1v) is 14.6. The van der Waals surface area contributed by atoms with Gasteiger partial charge in [-0.05, 0) is 75.5 Å². The molecule has 1 aliphatic heterocycles. The molecule has 38 heavy (non-hydrogen) atoms. The Morgan fingerprint density at radius 3 is 2.71 bits per heavy atom. The van der Waals surface area contributed by atoms with Gasteiger partial charge in [0.25, 0.3) is 0 Å². The molecular formula is C31H43ClN2O4. The van der Waals surface area contributed by atoms with E-state index in [-0.39, 0.29) is 23.8 Å². The molecule has 1 aliphatic carbocycles. The first kappa shape index (κ1) is 28.9. The molecule has 2 aromatic rings. The van der Waals surface area contributed by atoms with Crippen LogP contribution in [0.15, 0.2) is 42.5 Å². The van der Waals surface area contributed by atoms with E-state index in [1.165, 1.54) is 0 Å². The van der Waals surface area contributed by atoms with E-state index in [9.17, 15) is 9.90 Å². The number of hydrogen-bond donors (Lipinski definition) is 2. The Kier molecular flexibility index (Phi) is 10.1.